The van der Waals surface area contributed by atoms with E-state index in [1.807, 2.05) is 0 Å². The molecule has 0 aromatic heterocycles. The number of aliphatic hydroxyl groups is 1. The Labute approximate surface area is 138 Å². The normalized spacial score (nSPS) is 10.2. The molecule has 0 heterocycles. The van der Waals surface area contributed by atoms with Crippen molar-refractivity contribution >= 4 is 6.29 Å². The molecule has 0 unspecified atom stereocenters. The third-order valence-electron chi connectivity index (χ3n) is 2.80. The van der Waals surface area contributed by atoms with E-state index in [2.05, 4.69) is 5.32 Å². The molecule has 0 radical (unpaired) electrons. The summed E-state index contributed by atoms with van der Waals surface area (Å²) in [7, 11) is 0. The Hall–Kier alpha value is -2.39. The molecule has 2 N–H and O–H groups in total. The molecular weight excluding hydrogens is 352 g/mol. The van der Waals surface area contributed by atoms with Gasteiger partial charge >= 0.3 is 0 Å². The van der Waals surface area contributed by atoms with Crippen LogP contribution < -0.4 is 5.32 Å². The Morgan fingerprint density at radius 3 is 1.68 bits per heavy atom. The van der Waals surface area contributed by atoms with Crippen molar-refractivity contribution in [3.8, 4) is 0 Å². The number of benzene rings is 2. The van der Waals surface area contributed by atoms with Gasteiger partial charge in [-0.15, -0.1) is 0 Å². The Morgan fingerprint density at radius 2 is 1.28 bits per heavy atom. The number of hydrogen-bond donors (Lipinski definition) is 2. The largest absolute Gasteiger partial charge is 0.395 e. The highest BCUT2D eigenvalue weighted by atomic mass is 19.2. The maximum Gasteiger partial charge on any atom is 0.194 e. The van der Waals surface area contributed by atoms with Crippen molar-refractivity contribution in [3.63, 3.8) is 0 Å². The maximum absolute atomic E-state index is 12.7. The van der Waals surface area contributed by atoms with Crippen LogP contribution in [0.25, 0.3) is 0 Å². The first-order valence-corrected chi connectivity index (χ1v) is 6.84. The van der Waals surface area contributed by atoms with E-state index >= 15 is 0 Å². The van der Waals surface area contributed by atoms with Crippen molar-refractivity contribution in [2.45, 2.75) is 6.54 Å². The smallest absolute Gasteiger partial charge is 0.194 e. The standard InChI is InChI=1S/C9H10F3NO.C7H3F3O/c10-7-3-6(5-13-1-2-14)4-8(11)9(7)12;8-5-1-4(3-11)2-6(9)7(5)10/h3-4,13-14H,1-2,5H2;1-3H. The summed E-state index contributed by atoms with van der Waals surface area (Å²) in [5, 5.41) is 11.1. The second-order valence-electron chi connectivity index (χ2n) is 4.69. The minimum atomic E-state index is -1.56. The summed E-state index contributed by atoms with van der Waals surface area (Å²) in [6.45, 7) is 0.446. The number of aldehydes is 1. The second-order valence-corrected chi connectivity index (χ2v) is 4.69. The summed E-state index contributed by atoms with van der Waals surface area (Å²) in [4.78, 5) is 9.97. The van der Waals surface area contributed by atoms with Crippen LogP contribution in [0.2, 0.25) is 0 Å². The number of hydrogen-bond acceptors (Lipinski definition) is 3. The number of aliphatic hydroxyl groups excluding tert-OH is 1. The van der Waals surface area contributed by atoms with Crippen LogP contribution >= 0.6 is 0 Å². The zero-order valence-corrected chi connectivity index (χ0v) is 12.6. The zero-order chi connectivity index (χ0) is 19.0. The summed E-state index contributed by atoms with van der Waals surface area (Å²) < 4.78 is 74.5. The molecule has 0 atom stereocenters. The van der Waals surface area contributed by atoms with E-state index in [0.717, 1.165) is 12.1 Å². The molecule has 0 bridgehead atoms. The average Bonchev–Trinajstić information content (AvgIpc) is 2.57. The van der Waals surface area contributed by atoms with Crippen LogP contribution in [0.15, 0.2) is 24.3 Å². The molecule has 0 aliphatic heterocycles. The van der Waals surface area contributed by atoms with Crippen molar-refractivity contribution in [3.05, 3.63) is 70.3 Å². The molecule has 2 aromatic rings. The minimum Gasteiger partial charge on any atom is -0.395 e. The molecule has 136 valence electrons. The fourth-order valence-electron chi connectivity index (χ4n) is 1.67. The molecule has 9 heteroatoms. The van der Waals surface area contributed by atoms with Crippen molar-refractivity contribution < 1.29 is 36.2 Å². The van der Waals surface area contributed by atoms with Crippen LogP contribution in [0.5, 0.6) is 0 Å². The number of halogens is 6. The van der Waals surface area contributed by atoms with Crippen LogP contribution in [0.1, 0.15) is 15.9 Å². The van der Waals surface area contributed by atoms with Gasteiger partial charge in [0.15, 0.2) is 34.9 Å². The topological polar surface area (TPSA) is 49.3 Å². The van der Waals surface area contributed by atoms with E-state index < -0.39 is 34.9 Å². The molecule has 3 nitrogen and oxygen atoms in total. The zero-order valence-electron chi connectivity index (χ0n) is 12.6. The van der Waals surface area contributed by atoms with Crippen molar-refractivity contribution in [1.82, 2.24) is 5.32 Å². The lowest BCUT2D eigenvalue weighted by atomic mass is 10.2. The molecule has 25 heavy (non-hydrogen) atoms. The van der Waals surface area contributed by atoms with E-state index in [1.165, 1.54) is 0 Å². The van der Waals surface area contributed by atoms with Gasteiger partial charge in [-0.2, -0.15) is 0 Å². The summed E-state index contributed by atoms with van der Waals surface area (Å²) >= 11 is 0. The molecule has 0 aliphatic carbocycles. The van der Waals surface area contributed by atoms with Crippen LogP contribution in [0, 0.1) is 34.9 Å². The third-order valence-corrected chi connectivity index (χ3v) is 2.80. The lowest BCUT2D eigenvalue weighted by Gasteiger charge is -2.04. The third kappa shape index (κ3) is 6.20. The predicted octanol–water partition coefficient (Wildman–Crippen LogP) is 3.10. The van der Waals surface area contributed by atoms with Crippen molar-refractivity contribution in [2.24, 2.45) is 0 Å². The van der Waals surface area contributed by atoms with Crippen molar-refractivity contribution in [1.29, 1.82) is 0 Å². The van der Waals surface area contributed by atoms with Crippen molar-refractivity contribution in [2.75, 3.05) is 13.2 Å². The average molecular weight is 365 g/mol. The Kier molecular flexibility index (Phi) is 8.09. The Balaban J connectivity index is 0.000000257. The highest BCUT2D eigenvalue weighted by Crippen LogP contribution is 2.13. The van der Waals surface area contributed by atoms with Crippen LogP contribution in [-0.4, -0.2) is 24.5 Å². The SMILES string of the molecule is O=Cc1cc(F)c(F)c(F)c1.OCCNCc1cc(F)c(F)c(F)c1. The van der Waals surface area contributed by atoms with Gasteiger partial charge in [-0.3, -0.25) is 4.79 Å². The number of rotatable bonds is 5. The highest BCUT2D eigenvalue weighted by Gasteiger charge is 2.10. The van der Waals surface area contributed by atoms with Crippen LogP contribution in [-0.2, 0) is 6.54 Å². The first-order valence-electron chi connectivity index (χ1n) is 6.84. The van der Waals surface area contributed by atoms with Gasteiger partial charge in [0.2, 0.25) is 0 Å². The minimum absolute atomic E-state index is 0.0633. The van der Waals surface area contributed by atoms with Gasteiger partial charge in [0.05, 0.1) is 6.61 Å². The monoisotopic (exact) mass is 365 g/mol. The summed E-state index contributed by atoms with van der Waals surface area (Å²) in [5.41, 5.74) is 0.0799. The van der Waals surface area contributed by atoms with Gasteiger partial charge < -0.3 is 10.4 Å². The number of carbonyl (C=O) groups is 1. The molecule has 0 spiro atoms. The molecule has 0 saturated carbocycles. The molecule has 0 saturated heterocycles. The maximum atomic E-state index is 12.7. The van der Waals surface area contributed by atoms with Crippen LogP contribution in [0.4, 0.5) is 26.3 Å². The lowest BCUT2D eigenvalue weighted by molar-refractivity contribution is 0.112. The van der Waals surface area contributed by atoms with Gasteiger partial charge in [-0.1, -0.05) is 0 Å². The van der Waals surface area contributed by atoms with E-state index in [9.17, 15) is 31.1 Å². The fraction of sp³-hybridized carbons (Fsp3) is 0.188. The van der Waals surface area contributed by atoms with Crippen LogP contribution in [0.3, 0.4) is 0 Å². The summed E-state index contributed by atoms with van der Waals surface area (Å²) in [5.74, 6) is -8.14. The first kappa shape index (κ1) is 20.7. The number of nitrogens with one attached hydrogen (secondary N) is 1. The van der Waals surface area contributed by atoms with E-state index in [4.69, 9.17) is 5.11 Å². The van der Waals surface area contributed by atoms with Gasteiger partial charge in [-0.25, -0.2) is 26.3 Å². The van der Waals surface area contributed by atoms with Gasteiger partial charge in [-0.05, 0) is 29.8 Å². The predicted molar refractivity (Wildman–Crippen MR) is 76.8 cm³/mol. The van der Waals surface area contributed by atoms with Gasteiger partial charge in [0.25, 0.3) is 0 Å². The fourth-order valence-corrected chi connectivity index (χ4v) is 1.67. The number of carbonyl (C=O) groups excluding carboxylic acids is 1. The highest BCUT2D eigenvalue weighted by molar-refractivity contribution is 5.74. The molecule has 2 aromatic carbocycles. The molecule has 2 rings (SSSR count). The summed E-state index contributed by atoms with van der Waals surface area (Å²) in [6.07, 6.45) is 0.242. The van der Waals surface area contributed by atoms with E-state index in [-0.39, 0.29) is 25.0 Å². The van der Waals surface area contributed by atoms with E-state index in [1.54, 1.807) is 0 Å². The van der Waals surface area contributed by atoms with Gasteiger partial charge in [0.1, 0.15) is 6.29 Å². The summed E-state index contributed by atoms with van der Waals surface area (Å²) in [6, 6.07) is 3.10. The molecule has 0 fully saturated rings. The second kappa shape index (κ2) is 9.80. The van der Waals surface area contributed by atoms with E-state index in [0.29, 0.717) is 24.2 Å². The van der Waals surface area contributed by atoms with Gasteiger partial charge in [0, 0.05) is 18.7 Å². The molecule has 0 aliphatic rings. The quantitative estimate of drug-likeness (QED) is 0.371. The Morgan fingerprint density at radius 1 is 0.840 bits per heavy atom. The first-order chi connectivity index (χ1) is 11.8. The Bertz CT molecular complexity index is 693. The lowest BCUT2D eigenvalue weighted by Crippen LogP contribution is -2.17. The molecule has 0 amide bonds. The molecular formula is C16H13F6NO2.